The molecule has 0 aromatic carbocycles. The number of ether oxygens (including phenoxy) is 1. The molecule has 2 amide bonds. The number of amides is 2. The van der Waals surface area contributed by atoms with Crippen LogP contribution < -0.4 is 16.0 Å². The van der Waals surface area contributed by atoms with Crippen molar-refractivity contribution in [3.8, 4) is 0 Å². The lowest BCUT2D eigenvalue weighted by atomic mass is 10.0. The average molecular weight is 511 g/mol. The average Bonchev–Trinajstić information content (AvgIpc) is 3.26. The Morgan fingerprint density at radius 2 is 1.72 bits per heavy atom. The molecule has 0 saturated carbocycles. The molecule has 0 saturated heterocycles. The normalized spacial score (nSPS) is 13.4. The second-order valence-electron chi connectivity index (χ2n) is 10.7. The van der Waals surface area contributed by atoms with Crippen LogP contribution in [0.25, 0.3) is 0 Å². The van der Waals surface area contributed by atoms with Crippen molar-refractivity contribution < 1.29 is 19.1 Å². The molecule has 36 heavy (non-hydrogen) atoms. The molecule has 0 aliphatic heterocycles. The number of ketones is 1. The fourth-order valence-corrected chi connectivity index (χ4v) is 3.36. The SMILES string of the molecule is CC.CNC(CCC(=O)NC(C(C)=O)C(C)C)C(=O)NCc1cn(C(C)(C)CCOC(C)(C)C)nn1. The molecule has 1 rings (SSSR count). The van der Waals surface area contributed by atoms with E-state index in [0.717, 1.165) is 6.42 Å². The summed E-state index contributed by atoms with van der Waals surface area (Å²) in [6.45, 7) is 20.3. The summed E-state index contributed by atoms with van der Waals surface area (Å²) in [6, 6.07) is -1.05. The summed E-state index contributed by atoms with van der Waals surface area (Å²) in [5.41, 5.74) is 0.170. The fraction of sp³-hybridized carbons (Fsp3) is 0.808. The van der Waals surface area contributed by atoms with Crippen molar-refractivity contribution in [2.24, 2.45) is 5.92 Å². The first-order chi connectivity index (χ1) is 16.7. The van der Waals surface area contributed by atoms with Crippen LogP contribution >= 0.6 is 0 Å². The lowest BCUT2D eigenvalue weighted by molar-refractivity contribution is -0.128. The Kier molecular flexibility index (Phi) is 14.7. The maximum atomic E-state index is 12.6. The maximum Gasteiger partial charge on any atom is 0.237 e. The van der Waals surface area contributed by atoms with Crippen LogP contribution in [0, 0.1) is 5.92 Å². The molecule has 2 atom stereocenters. The number of hydrogen-bond acceptors (Lipinski definition) is 7. The van der Waals surface area contributed by atoms with Crippen molar-refractivity contribution in [1.29, 1.82) is 0 Å². The van der Waals surface area contributed by atoms with Crippen LogP contribution in [0.5, 0.6) is 0 Å². The smallest absolute Gasteiger partial charge is 0.237 e. The van der Waals surface area contributed by atoms with Gasteiger partial charge in [0.1, 0.15) is 5.69 Å². The van der Waals surface area contributed by atoms with E-state index in [2.05, 4.69) is 40.1 Å². The third kappa shape index (κ3) is 12.6. The number of rotatable bonds is 14. The number of carbonyl (C=O) groups excluding carboxylic acids is 3. The molecule has 2 unspecified atom stereocenters. The molecule has 10 heteroatoms. The first kappa shape index (κ1) is 33.7. The van der Waals surface area contributed by atoms with E-state index in [1.165, 1.54) is 6.92 Å². The molecule has 0 spiro atoms. The van der Waals surface area contributed by atoms with E-state index in [4.69, 9.17) is 4.74 Å². The molecule has 10 nitrogen and oxygen atoms in total. The lowest BCUT2D eigenvalue weighted by Gasteiger charge is -2.27. The first-order valence-electron chi connectivity index (χ1n) is 13.0. The van der Waals surface area contributed by atoms with Crippen molar-refractivity contribution in [3.05, 3.63) is 11.9 Å². The number of carbonyl (C=O) groups is 3. The highest BCUT2D eigenvalue weighted by molar-refractivity contribution is 5.88. The second-order valence-corrected chi connectivity index (χ2v) is 10.7. The van der Waals surface area contributed by atoms with Crippen molar-refractivity contribution in [2.45, 2.75) is 118 Å². The quantitative estimate of drug-likeness (QED) is 0.351. The second kappa shape index (κ2) is 15.7. The van der Waals surface area contributed by atoms with Crippen molar-refractivity contribution in [1.82, 2.24) is 30.9 Å². The van der Waals surface area contributed by atoms with E-state index in [-0.39, 0.29) is 47.6 Å². The van der Waals surface area contributed by atoms with Crippen LogP contribution in [0.4, 0.5) is 0 Å². The summed E-state index contributed by atoms with van der Waals surface area (Å²) in [4.78, 5) is 36.6. The van der Waals surface area contributed by atoms with Gasteiger partial charge in [0.15, 0.2) is 5.78 Å². The summed E-state index contributed by atoms with van der Waals surface area (Å²) in [5.74, 6) is -0.546. The Labute approximate surface area is 217 Å². The van der Waals surface area contributed by atoms with Gasteiger partial charge in [-0.2, -0.15) is 0 Å². The molecule has 208 valence electrons. The summed E-state index contributed by atoms with van der Waals surface area (Å²) in [6.07, 6.45) is 3.04. The van der Waals surface area contributed by atoms with Gasteiger partial charge in [0.05, 0.1) is 36.0 Å². The third-order valence-corrected chi connectivity index (χ3v) is 5.60. The largest absolute Gasteiger partial charge is 0.376 e. The Bertz CT molecular complexity index is 814. The van der Waals surface area contributed by atoms with E-state index >= 15 is 0 Å². The number of Topliss-reactive ketones (excluding diaryl/α,β-unsaturated/α-hetero) is 1. The Balaban J connectivity index is 0.00000596. The first-order valence-corrected chi connectivity index (χ1v) is 13.0. The number of hydrogen-bond donors (Lipinski definition) is 3. The van der Waals surface area contributed by atoms with Gasteiger partial charge in [-0.15, -0.1) is 5.10 Å². The highest BCUT2D eigenvalue weighted by atomic mass is 16.5. The van der Waals surface area contributed by atoms with Gasteiger partial charge in [-0.05, 0) is 67.3 Å². The lowest BCUT2D eigenvalue weighted by Crippen LogP contribution is -2.45. The number of likely N-dealkylation sites (N-methyl/N-ethyl adjacent to an activating group) is 1. The zero-order valence-corrected chi connectivity index (χ0v) is 24.3. The van der Waals surface area contributed by atoms with E-state index in [1.807, 2.05) is 54.7 Å². The van der Waals surface area contributed by atoms with Gasteiger partial charge in [-0.1, -0.05) is 32.9 Å². The minimum atomic E-state index is -0.540. The molecule has 1 aromatic rings. The number of nitrogens with zero attached hydrogens (tertiary/aromatic N) is 3. The van der Waals surface area contributed by atoms with Crippen LogP contribution in [0.1, 0.15) is 94.2 Å². The van der Waals surface area contributed by atoms with Gasteiger partial charge in [0.2, 0.25) is 11.8 Å². The molecule has 3 N–H and O–H groups in total. The van der Waals surface area contributed by atoms with E-state index in [1.54, 1.807) is 11.7 Å². The maximum absolute atomic E-state index is 12.6. The molecular weight excluding hydrogens is 460 g/mol. The molecule has 1 heterocycles. The highest BCUT2D eigenvalue weighted by Gasteiger charge is 2.25. The van der Waals surface area contributed by atoms with Gasteiger partial charge in [-0.3, -0.25) is 14.4 Å². The fourth-order valence-electron chi connectivity index (χ4n) is 3.36. The predicted octanol–water partition coefficient (Wildman–Crippen LogP) is 2.96. The minimum absolute atomic E-state index is 0.00857. The zero-order chi connectivity index (χ0) is 28.1. The van der Waals surface area contributed by atoms with Crippen LogP contribution in [0.3, 0.4) is 0 Å². The Hall–Kier alpha value is -2.33. The van der Waals surface area contributed by atoms with Crippen molar-refractivity contribution >= 4 is 17.6 Å². The van der Waals surface area contributed by atoms with Gasteiger partial charge in [0, 0.05) is 13.0 Å². The van der Waals surface area contributed by atoms with E-state index in [0.29, 0.717) is 18.7 Å². The van der Waals surface area contributed by atoms with Crippen LogP contribution in [-0.2, 0) is 31.2 Å². The molecule has 1 aromatic heterocycles. The third-order valence-electron chi connectivity index (χ3n) is 5.60. The highest BCUT2D eigenvalue weighted by Crippen LogP contribution is 2.20. The van der Waals surface area contributed by atoms with Crippen LogP contribution in [0.15, 0.2) is 6.20 Å². The summed E-state index contributed by atoms with van der Waals surface area (Å²) < 4.78 is 7.62. The molecule has 0 radical (unpaired) electrons. The van der Waals surface area contributed by atoms with Gasteiger partial charge >= 0.3 is 0 Å². The minimum Gasteiger partial charge on any atom is -0.376 e. The summed E-state index contributed by atoms with van der Waals surface area (Å²) >= 11 is 0. The van der Waals surface area contributed by atoms with Gasteiger partial charge in [0.25, 0.3) is 0 Å². The molecule has 0 aliphatic rings. The van der Waals surface area contributed by atoms with Crippen LogP contribution in [-0.4, -0.2) is 63.9 Å². The molecule has 0 fully saturated rings. The van der Waals surface area contributed by atoms with Crippen molar-refractivity contribution in [2.75, 3.05) is 13.7 Å². The van der Waals surface area contributed by atoms with E-state index < -0.39 is 12.1 Å². The Morgan fingerprint density at radius 3 is 2.22 bits per heavy atom. The summed E-state index contributed by atoms with van der Waals surface area (Å²) in [7, 11) is 1.67. The zero-order valence-electron chi connectivity index (χ0n) is 24.3. The number of aromatic nitrogens is 3. The monoisotopic (exact) mass is 510 g/mol. The van der Waals surface area contributed by atoms with Crippen LogP contribution in [0.2, 0.25) is 0 Å². The topological polar surface area (TPSA) is 127 Å². The predicted molar refractivity (Wildman–Crippen MR) is 142 cm³/mol. The van der Waals surface area contributed by atoms with Gasteiger partial charge < -0.3 is 20.7 Å². The standard InChI is InChI=1S/C24H44N6O4.C2H6/c1-16(2)21(17(3)31)27-20(32)11-10-19(25-9)22(33)26-14-18-15-30(29-28-18)24(7,8)12-13-34-23(4,5)6;1-2/h15-16,19,21,25H,10-14H2,1-9H3,(H,26,33)(H,27,32);1-2H3. The number of nitrogens with one attached hydrogen (secondary N) is 3. The Morgan fingerprint density at radius 1 is 1.11 bits per heavy atom. The molecule has 0 bridgehead atoms. The molecular formula is C26H50N6O4. The molecule has 0 aliphatic carbocycles. The summed E-state index contributed by atoms with van der Waals surface area (Å²) in [5, 5.41) is 16.9. The van der Waals surface area contributed by atoms with Crippen molar-refractivity contribution in [3.63, 3.8) is 0 Å². The van der Waals surface area contributed by atoms with Gasteiger partial charge in [-0.25, -0.2) is 4.68 Å². The van der Waals surface area contributed by atoms with E-state index in [9.17, 15) is 14.4 Å².